The van der Waals surface area contributed by atoms with Crippen molar-refractivity contribution >= 4 is 5.91 Å². The summed E-state index contributed by atoms with van der Waals surface area (Å²) in [6, 6.07) is 11.7. The van der Waals surface area contributed by atoms with Crippen molar-refractivity contribution in [3.63, 3.8) is 0 Å². The Hall–Kier alpha value is -3.24. The quantitative estimate of drug-likeness (QED) is 0.478. The highest BCUT2D eigenvalue weighted by molar-refractivity contribution is 5.77. The molecule has 3 aromatic rings. The first-order valence-electron chi connectivity index (χ1n) is 12.3. The number of carbonyl (C=O) groups excluding carboxylic acids is 1. The lowest BCUT2D eigenvalue weighted by atomic mass is 9.84. The van der Waals surface area contributed by atoms with E-state index in [4.69, 9.17) is 0 Å². The van der Waals surface area contributed by atoms with Crippen LogP contribution in [0.2, 0.25) is 0 Å². The van der Waals surface area contributed by atoms with Gasteiger partial charge in [0.1, 0.15) is 24.4 Å². The molecule has 1 aliphatic rings. The minimum absolute atomic E-state index is 0.0283. The minimum atomic E-state index is -1.14. The number of aliphatic hydroxyl groups is 1. The second-order valence-electron chi connectivity index (χ2n) is 10.5. The molecule has 2 aromatic carbocycles. The summed E-state index contributed by atoms with van der Waals surface area (Å²) in [6.45, 7) is 5.84. The van der Waals surface area contributed by atoms with E-state index in [-0.39, 0.29) is 31.0 Å². The van der Waals surface area contributed by atoms with Crippen molar-refractivity contribution in [1.29, 1.82) is 0 Å². The number of rotatable bonds is 8. The van der Waals surface area contributed by atoms with Crippen LogP contribution in [-0.4, -0.2) is 63.1 Å². The Morgan fingerprint density at radius 1 is 1.19 bits per heavy atom. The Labute approximate surface area is 214 Å². The fourth-order valence-electron chi connectivity index (χ4n) is 4.78. The van der Waals surface area contributed by atoms with Gasteiger partial charge >= 0.3 is 0 Å². The van der Waals surface area contributed by atoms with Crippen LogP contribution in [0.25, 0.3) is 11.4 Å². The van der Waals surface area contributed by atoms with Crippen molar-refractivity contribution in [2.45, 2.75) is 39.5 Å². The molecule has 1 fully saturated rings. The molecule has 1 saturated heterocycles. The van der Waals surface area contributed by atoms with Crippen LogP contribution in [0, 0.1) is 23.0 Å². The largest absolute Gasteiger partial charge is 0.387 e. The third kappa shape index (κ3) is 6.02. The molecular formula is C27H32F3N5O2. The van der Waals surface area contributed by atoms with Gasteiger partial charge in [-0.05, 0) is 29.2 Å². The van der Waals surface area contributed by atoms with Crippen molar-refractivity contribution in [1.82, 2.24) is 25.0 Å². The molecule has 0 spiro atoms. The Morgan fingerprint density at radius 3 is 2.54 bits per heavy atom. The van der Waals surface area contributed by atoms with E-state index < -0.39 is 47.7 Å². The summed E-state index contributed by atoms with van der Waals surface area (Å²) in [5.41, 5.74) is 0.142. The normalized spacial score (nSPS) is 18.7. The molecule has 1 amide bonds. The van der Waals surface area contributed by atoms with Gasteiger partial charge in [0, 0.05) is 25.6 Å². The Bertz CT molecular complexity index is 1230. The van der Waals surface area contributed by atoms with Gasteiger partial charge in [-0.1, -0.05) is 51.1 Å². The van der Waals surface area contributed by atoms with Crippen molar-refractivity contribution in [2.75, 3.05) is 26.2 Å². The predicted molar refractivity (Wildman–Crippen MR) is 133 cm³/mol. The average Bonchev–Trinajstić information content (AvgIpc) is 3.45. The third-order valence-electron chi connectivity index (χ3n) is 6.57. The fraction of sp³-hybridized carbons (Fsp3) is 0.444. The first kappa shape index (κ1) is 26.8. The summed E-state index contributed by atoms with van der Waals surface area (Å²) in [5.74, 6) is -2.06. The van der Waals surface area contributed by atoms with E-state index in [2.05, 4.69) is 15.4 Å². The van der Waals surface area contributed by atoms with Crippen LogP contribution in [0.5, 0.6) is 0 Å². The number of amides is 1. The number of benzene rings is 2. The van der Waals surface area contributed by atoms with E-state index in [9.17, 15) is 23.1 Å². The summed E-state index contributed by atoms with van der Waals surface area (Å²) >= 11 is 0. The Balaban J connectivity index is 1.86. The zero-order valence-electron chi connectivity index (χ0n) is 21.2. The topological polar surface area (TPSA) is 83.3 Å². The summed E-state index contributed by atoms with van der Waals surface area (Å²) in [5, 5.41) is 17.4. The van der Waals surface area contributed by atoms with Crippen LogP contribution in [0.15, 0.2) is 48.5 Å². The standard InChI is InChI=1S/C27H32F3N5O2/c1-27(2,3)24(34(23(37)16-36)15-18-12-31-13-22(18)30)26-32-25(20-11-19(28)9-10-21(20)29)33-35(26)14-17-7-5-4-6-8-17/h4-11,18,22,24,31,36H,12-16H2,1-3H3. The number of carbonyl (C=O) groups is 1. The van der Waals surface area contributed by atoms with Crippen LogP contribution in [0.4, 0.5) is 13.2 Å². The molecule has 37 heavy (non-hydrogen) atoms. The fourth-order valence-corrected chi connectivity index (χ4v) is 4.78. The lowest BCUT2D eigenvalue weighted by Gasteiger charge is -2.40. The average molecular weight is 516 g/mol. The second kappa shape index (κ2) is 11.0. The van der Waals surface area contributed by atoms with Crippen LogP contribution in [0.1, 0.15) is 38.2 Å². The van der Waals surface area contributed by atoms with E-state index in [1.54, 1.807) is 4.68 Å². The molecule has 0 radical (unpaired) electrons. The smallest absolute Gasteiger partial charge is 0.248 e. The van der Waals surface area contributed by atoms with Gasteiger partial charge in [0.2, 0.25) is 5.91 Å². The number of hydrogen-bond donors (Lipinski definition) is 2. The first-order valence-corrected chi connectivity index (χ1v) is 12.3. The molecule has 198 valence electrons. The van der Waals surface area contributed by atoms with Crippen LogP contribution >= 0.6 is 0 Å². The number of nitrogens with zero attached hydrogens (tertiary/aromatic N) is 4. The molecule has 3 atom stereocenters. The van der Waals surface area contributed by atoms with Gasteiger partial charge in [-0.2, -0.15) is 5.10 Å². The number of aromatic nitrogens is 3. The predicted octanol–water partition coefficient (Wildman–Crippen LogP) is 3.74. The van der Waals surface area contributed by atoms with Gasteiger partial charge in [-0.3, -0.25) is 4.79 Å². The van der Waals surface area contributed by atoms with Crippen molar-refractivity contribution in [2.24, 2.45) is 11.3 Å². The maximum atomic E-state index is 14.7. The summed E-state index contributed by atoms with van der Waals surface area (Å²) in [6.07, 6.45) is -1.14. The molecule has 3 unspecified atom stereocenters. The Morgan fingerprint density at radius 2 is 1.92 bits per heavy atom. The van der Waals surface area contributed by atoms with Gasteiger partial charge in [0.25, 0.3) is 0 Å². The van der Waals surface area contributed by atoms with Crippen molar-refractivity contribution in [3.8, 4) is 11.4 Å². The van der Waals surface area contributed by atoms with Crippen molar-refractivity contribution < 1.29 is 23.1 Å². The number of nitrogens with one attached hydrogen (secondary N) is 1. The highest BCUT2D eigenvalue weighted by Crippen LogP contribution is 2.39. The van der Waals surface area contributed by atoms with Gasteiger partial charge in [-0.25, -0.2) is 22.8 Å². The molecule has 1 aliphatic heterocycles. The molecule has 2 N–H and O–H groups in total. The summed E-state index contributed by atoms with van der Waals surface area (Å²) in [4.78, 5) is 19.2. The summed E-state index contributed by atoms with van der Waals surface area (Å²) < 4.78 is 44.9. The maximum absolute atomic E-state index is 14.7. The molecule has 0 saturated carbocycles. The van der Waals surface area contributed by atoms with Gasteiger partial charge in [0.15, 0.2) is 11.6 Å². The molecule has 0 aliphatic carbocycles. The van der Waals surface area contributed by atoms with Gasteiger partial charge in [-0.15, -0.1) is 0 Å². The molecule has 10 heteroatoms. The number of hydrogen-bond acceptors (Lipinski definition) is 5. The summed E-state index contributed by atoms with van der Waals surface area (Å²) in [7, 11) is 0. The van der Waals surface area contributed by atoms with E-state index in [1.807, 2.05) is 51.1 Å². The van der Waals surface area contributed by atoms with E-state index >= 15 is 0 Å². The number of aliphatic hydroxyl groups excluding tert-OH is 1. The molecular weight excluding hydrogens is 483 g/mol. The highest BCUT2D eigenvalue weighted by Gasteiger charge is 2.41. The van der Waals surface area contributed by atoms with Crippen LogP contribution in [0.3, 0.4) is 0 Å². The van der Waals surface area contributed by atoms with Crippen molar-refractivity contribution in [3.05, 3.63) is 71.6 Å². The van der Waals surface area contributed by atoms with E-state index in [0.29, 0.717) is 12.4 Å². The molecule has 0 bridgehead atoms. The second-order valence-corrected chi connectivity index (χ2v) is 10.5. The molecule has 1 aromatic heterocycles. The van der Waals surface area contributed by atoms with Crippen LogP contribution in [-0.2, 0) is 11.3 Å². The van der Waals surface area contributed by atoms with Gasteiger partial charge in [0.05, 0.1) is 18.2 Å². The SMILES string of the molecule is CC(C)(C)C(c1nc(-c2cc(F)ccc2F)nn1Cc1ccccc1)N(CC1CNCC1F)C(=O)CO. The lowest BCUT2D eigenvalue weighted by Crippen LogP contribution is -2.47. The van der Waals surface area contributed by atoms with Gasteiger partial charge < -0.3 is 15.3 Å². The van der Waals surface area contributed by atoms with E-state index in [1.165, 1.54) is 4.90 Å². The number of alkyl halides is 1. The molecule has 7 nitrogen and oxygen atoms in total. The van der Waals surface area contributed by atoms with E-state index in [0.717, 1.165) is 23.8 Å². The first-order chi connectivity index (χ1) is 17.6. The zero-order chi connectivity index (χ0) is 26.7. The number of halogens is 3. The zero-order valence-corrected chi connectivity index (χ0v) is 21.2. The third-order valence-corrected chi connectivity index (χ3v) is 6.57. The lowest BCUT2D eigenvalue weighted by molar-refractivity contribution is -0.140. The molecule has 4 rings (SSSR count). The molecule has 2 heterocycles. The highest BCUT2D eigenvalue weighted by atomic mass is 19.1. The minimum Gasteiger partial charge on any atom is -0.387 e. The van der Waals surface area contributed by atoms with Crippen LogP contribution < -0.4 is 5.32 Å². The Kier molecular flexibility index (Phi) is 7.99. The maximum Gasteiger partial charge on any atom is 0.248 e. The monoisotopic (exact) mass is 515 g/mol.